The molecule has 0 heterocycles. The Morgan fingerprint density at radius 2 is 2.26 bits per heavy atom. The number of benzene rings is 1. The topological polar surface area (TPSA) is 98.3 Å². The van der Waals surface area contributed by atoms with E-state index in [4.69, 9.17) is 5.73 Å². The van der Waals surface area contributed by atoms with E-state index in [0.29, 0.717) is 23.6 Å². The normalized spacial score (nSPS) is 15.9. The lowest BCUT2D eigenvalue weighted by molar-refractivity contribution is -0.385. The maximum Gasteiger partial charge on any atom is 0.273 e. The van der Waals surface area contributed by atoms with E-state index in [1.54, 1.807) is 19.1 Å². The van der Waals surface area contributed by atoms with Gasteiger partial charge in [0.2, 0.25) is 0 Å². The van der Waals surface area contributed by atoms with Gasteiger partial charge in [0.15, 0.2) is 0 Å². The molecule has 2 rings (SSSR count). The number of hydrogen-bond acceptors (Lipinski definition) is 4. The Balaban J connectivity index is 2.02. The monoisotopic (exact) mass is 263 g/mol. The summed E-state index contributed by atoms with van der Waals surface area (Å²) in [6.45, 7) is 2.05. The minimum absolute atomic E-state index is 0.0237. The molecule has 0 spiro atoms. The van der Waals surface area contributed by atoms with Crippen LogP contribution in [0.4, 0.5) is 5.69 Å². The third-order valence-corrected chi connectivity index (χ3v) is 3.39. The van der Waals surface area contributed by atoms with Gasteiger partial charge in [-0.2, -0.15) is 0 Å². The largest absolute Gasteiger partial charge is 0.350 e. The van der Waals surface area contributed by atoms with Gasteiger partial charge in [-0.3, -0.25) is 14.9 Å². The first-order chi connectivity index (χ1) is 8.99. The highest BCUT2D eigenvalue weighted by Gasteiger charge is 2.28. The molecule has 1 unspecified atom stereocenters. The first kappa shape index (κ1) is 13.5. The van der Waals surface area contributed by atoms with Gasteiger partial charge in [-0.05, 0) is 31.7 Å². The lowest BCUT2D eigenvalue weighted by atomic mass is 10.1. The van der Waals surface area contributed by atoms with Gasteiger partial charge in [0.05, 0.1) is 4.92 Å². The molecule has 1 amide bonds. The molecule has 6 nitrogen and oxygen atoms in total. The van der Waals surface area contributed by atoms with Crippen LogP contribution in [0, 0.1) is 23.0 Å². The molecule has 1 aliphatic rings. The van der Waals surface area contributed by atoms with Crippen molar-refractivity contribution in [2.75, 3.05) is 6.54 Å². The summed E-state index contributed by atoms with van der Waals surface area (Å²) in [6, 6.07) is 4.44. The number of hydrogen-bond donors (Lipinski definition) is 2. The quantitative estimate of drug-likeness (QED) is 0.619. The van der Waals surface area contributed by atoms with Crippen LogP contribution in [0.5, 0.6) is 0 Å². The van der Waals surface area contributed by atoms with Gasteiger partial charge in [0, 0.05) is 29.8 Å². The van der Waals surface area contributed by atoms with E-state index in [1.807, 2.05) is 0 Å². The van der Waals surface area contributed by atoms with Gasteiger partial charge in [-0.15, -0.1) is 0 Å². The summed E-state index contributed by atoms with van der Waals surface area (Å²) < 4.78 is 0. The zero-order valence-corrected chi connectivity index (χ0v) is 10.8. The number of nitrogens with zero attached hydrogens (tertiary/aromatic N) is 1. The van der Waals surface area contributed by atoms with Crippen molar-refractivity contribution in [1.82, 2.24) is 5.32 Å². The Bertz CT molecular complexity index is 512. The highest BCUT2D eigenvalue weighted by molar-refractivity contribution is 5.95. The summed E-state index contributed by atoms with van der Waals surface area (Å²) in [6.07, 6.45) is 2.24. The molecule has 19 heavy (non-hydrogen) atoms. The molecular weight excluding hydrogens is 246 g/mol. The predicted octanol–water partition coefficient (Wildman–Crippen LogP) is 1.37. The Morgan fingerprint density at radius 1 is 1.58 bits per heavy atom. The van der Waals surface area contributed by atoms with E-state index in [-0.39, 0.29) is 17.6 Å². The predicted molar refractivity (Wildman–Crippen MR) is 70.9 cm³/mol. The molecule has 1 aliphatic carbocycles. The fourth-order valence-electron chi connectivity index (χ4n) is 1.95. The average molecular weight is 263 g/mol. The Labute approximate surface area is 111 Å². The molecule has 6 heteroatoms. The third kappa shape index (κ3) is 3.29. The highest BCUT2D eigenvalue weighted by Crippen LogP contribution is 2.31. The van der Waals surface area contributed by atoms with Crippen molar-refractivity contribution in [3.63, 3.8) is 0 Å². The summed E-state index contributed by atoms with van der Waals surface area (Å²) in [4.78, 5) is 22.2. The van der Waals surface area contributed by atoms with Gasteiger partial charge in [-0.1, -0.05) is 6.07 Å². The van der Waals surface area contributed by atoms with Crippen molar-refractivity contribution in [3.05, 3.63) is 39.4 Å². The maximum absolute atomic E-state index is 11.9. The Kier molecular flexibility index (Phi) is 3.80. The standard InChI is InChI=1S/C13H17N3O3/c1-8-2-3-10(6-12(8)16(18)19)13(17)15-7-11(14)9-4-5-9/h2-3,6,9,11H,4-5,7,14H2,1H3,(H,15,17). The van der Waals surface area contributed by atoms with Crippen LogP contribution in [-0.2, 0) is 0 Å². The molecule has 0 bridgehead atoms. The molecule has 1 aromatic carbocycles. The van der Waals surface area contributed by atoms with Gasteiger partial charge in [0.1, 0.15) is 0 Å². The molecule has 0 radical (unpaired) electrons. The van der Waals surface area contributed by atoms with Crippen LogP contribution in [0.25, 0.3) is 0 Å². The summed E-state index contributed by atoms with van der Waals surface area (Å²) in [5.41, 5.74) is 6.67. The zero-order valence-electron chi connectivity index (χ0n) is 10.8. The minimum atomic E-state index is -0.484. The van der Waals surface area contributed by atoms with E-state index in [2.05, 4.69) is 5.32 Å². The van der Waals surface area contributed by atoms with E-state index < -0.39 is 4.92 Å². The van der Waals surface area contributed by atoms with Gasteiger partial charge < -0.3 is 11.1 Å². The average Bonchev–Trinajstić information content (AvgIpc) is 3.20. The number of nitrogens with one attached hydrogen (secondary N) is 1. The molecule has 0 aromatic heterocycles. The van der Waals surface area contributed by atoms with E-state index in [9.17, 15) is 14.9 Å². The fraction of sp³-hybridized carbons (Fsp3) is 0.462. The van der Waals surface area contributed by atoms with Crippen molar-refractivity contribution < 1.29 is 9.72 Å². The molecule has 1 aromatic rings. The molecular formula is C13H17N3O3. The SMILES string of the molecule is Cc1ccc(C(=O)NCC(N)C2CC2)cc1[N+](=O)[O-]. The number of nitrogens with two attached hydrogens (primary N) is 1. The zero-order chi connectivity index (χ0) is 14.0. The minimum Gasteiger partial charge on any atom is -0.350 e. The summed E-state index contributed by atoms with van der Waals surface area (Å²) >= 11 is 0. The second kappa shape index (κ2) is 5.36. The number of rotatable bonds is 5. The Hall–Kier alpha value is -1.95. The van der Waals surface area contributed by atoms with Crippen molar-refractivity contribution >= 4 is 11.6 Å². The lowest BCUT2D eigenvalue weighted by Crippen LogP contribution is -2.38. The van der Waals surface area contributed by atoms with Crippen molar-refractivity contribution in [2.24, 2.45) is 11.7 Å². The first-order valence-corrected chi connectivity index (χ1v) is 6.28. The number of amides is 1. The number of nitro benzene ring substituents is 1. The van der Waals surface area contributed by atoms with Crippen LogP contribution in [0.15, 0.2) is 18.2 Å². The van der Waals surface area contributed by atoms with E-state index in [0.717, 1.165) is 12.8 Å². The summed E-state index contributed by atoms with van der Waals surface area (Å²) in [5, 5.41) is 13.5. The van der Waals surface area contributed by atoms with Crippen LogP contribution in [0.1, 0.15) is 28.8 Å². The molecule has 102 valence electrons. The fourth-order valence-corrected chi connectivity index (χ4v) is 1.95. The molecule has 0 saturated heterocycles. The van der Waals surface area contributed by atoms with Crippen LogP contribution >= 0.6 is 0 Å². The lowest BCUT2D eigenvalue weighted by Gasteiger charge is -2.11. The Morgan fingerprint density at radius 3 is 2.84 bits per heavy atom. The smallest absolute Gasteiger partial charge is 0.273 e. The number of aryl methyl sites for hydroxylation is 1. The molecule has 3 N–H and O–H groups in total. The maximum atomic E-state index is 11.9. The molecule has 1 fully saturated rings. The third-order valence-electron chi connectivity index (χ3n) is 3.39. The van der Waals surface area contributed by atoms with Gasteiger partial charge in [0.25, 0.3) is 11.6 Å². The van der Waals surface area contributed by atoms with Crippen molar-refractivity contribution in [1.29, 1.82) is 0 Å². The second-order valence-electron chi connectivity index (χ2n) is 4.97. The van der Waals surface area contributed by atoms with E-state index >= 15 is 0 Å². The summed E-state index contributed by atoms with van der Waals surface area (Å²) in [7, 11) is 0. The summed E-state index contributed by atoms with van der Waals surface area (Å²) in [5.74, 6) is 0.187. The second-order valence-corrected chi connectivity index (χ2v) is 4.97. The van der Waals surface area contributed by atoms with Crippen LogP contribution in [0.3, 0.4) is 0 Å². The molecule has 1 atom stereocenters. The van der Waals surface area contributed by atoms with Crippen LogP contribution in [0.2, 0.25) is 0 Å². The number of carbonyl (C=O) groups excluding carboxylic acids is 1. The van der Waals surface area contributed by atoms with Gasteiger partial charge in [-0.25, -0.2) is 0 Å². The van der Waals surface area contributed by atoms with Crippen molar-refractivity contribution in [3.8, 4) is 0 Å². The molecule has 0 aliphatic heterocycles. The van der Waals surface area contributed by atoms with Crippen molar-refractivity contribution in [2.45, 2.75) is 25.8 Å². The highest BCUT2D eigenvalue weighted by atomic mass is 16.6. The number of carbonyl (C=O) groups is 1. The number of nitro groups is 1. The molecule has 1 saturated carbocycles. The first-order valence-electron chi connectivity index (χ1n) is 6.28. The van der Waals surface area contributed by atoms with Crippen LogP contribution in [-0.4, -0.2) is 23.4 Å². The van der Waals surface area contributed by atoms with E-state index in [1.165, 1.54) is 6.07 Å². The van der Waals surface area contributed by atoms with Crippen LogP contribution < -0.4 is 11.1 Å². The van der Waals surface area contributed by atoms with Gasteiger partial charge >= 0.3 is 0 Å².